The molecule has 1 rings (SSSR count). The molecule has 1 unspecified atom stereocenters. The van der Waals surface area contributed by atoms with Gasteiger partial charge in [0.25, 0.3) is 0 Å². The maximum atomic E-state index is 5.98. The van der Waals surface area contributed by atoms with Crippen LogP contribution in [0.25, 0.3) is 0 Å². The van der Waals surface area contributed by atoms with Crippen LogP contribution in [0, 0.1) is 17.8 Å². The van der Waals surface area contributed by atoms with E-state index in [0.717, 1.165) is 11.5 Å². The molecule has 0 aliphatic heterocycles. The zero-order chi connectivity index (χ0) is 17.4. The van der Waals surface area contributed by atoms with E-state index in [-0.39, 0.29) is 5.92 Å². The largest absolute Gasteiger partial charge is 0.489 e. The van der Waals surface area contributed by atoms with Gasteiger partial charge in [-0.1, -0.05) is 40.7 Å². The maximum Gasteiger partial charge on any atom is 0.161 e. The Bertz CT molecular complexity index is 457. The standard InChI is InChI=1S/C19H34N2O2/c1-13(2)11-22-18-7-6-16(15(5)17(9-20)10-21)8-19(18)23-12-14(3)4/h6-8,13-15,17H,9-12,20-21H2,1-5H3. The SMILES string of the molecule is CC(C)COc1ccc(C(C)C(CN)CN)cc1OCC(C)C. The van der Waals surface area contributed by atoms with Crippen LogP contribution in [0.2, 0.25) is 0 Å². The summed E-state index contributed by atoms with van der Waals surface area (Å²) in [6.07, 6.45) is 0. The molecule has 0 saturated heterocycles. The molecule has 4 heteroatoms. The van der Waals surface area contributed by atoms with Crippen LogP contribution in [0.4, 0.5) is 0 Å². The molecule has 0 aliphatic rings. The molecule has 0 bridgehead atoms. The fraction of sp³-hybridized carbons (Fsp3) is 0.684. The van der Waals surface area contributed by atoms with Crippen molar-refractivity contribution in [2.75, 3.05) is 26.3 Å². The second-order valence-electron chi connectivity index (χ2n) is 7.14. The van der Waals surface area contributed by atoms with Crippen molar-refractivity contribution >= 4 is 0 Å². The van der Waals surface area contributed by atoms with Gasteiger partial charge in [-0.3, -0.25) is 0 Å². The van der Waals surface area contributed by atoms with Gasteiger partial charge in [-0.2, -0.15) is 0 Å². The molecular weight excluding hydrogens is 288 g/mol. The lowest BCUT2D eigenvalue weighted by molar-refractivity contribution is 0.229. The zero-order valence-corrected chi connectivity index (χ0v) is 15.3. The predicted molar refractivity (Wildman–Crippen MR) is 97.1 cm³/mol. The number of benzene rings is 1. The number of rotatable bonds is 10. The lowest BCUT2D eigenvalue weighted by Gasteiger charge is -2.23. The Hall–Kier alpha value is -1.26. The Morgan fingerprint density at radius 3 is 1.83 bits per heavy atom. The molecule has 0 aliphatic carbocycles. The highest BCUT2D eigenvalue weighted by Gasteiger charge is 2.18. The van der Waals surface area contributed by atoms with Crippen molar-refractivity contribution in [3.8, 4) is 11.5 Å². The minimum absolute atomic E-state index is 0.274. The molecule has 0 aromatic heterocycles. The third kappa shape index (κ3) is 6.40. The summed E-state index contributed by atoms with van der Waals surface area (Å²) >= 11 is 0. The highest BCUT2D eigenvalue weighted by atomic mass is 16.5. The van der Waals surface area contributed by atoms with Crippen LogP contribution in [0.15, 0.2) is 18.2 Å². The first-order chi connectivity index (χ1) is 10.9. The Labute approximate surface area is 141 Å². The summed E-state index contributed by atoms with van der Waals surface area (Å²) in [6.45, 7) is 13.3. The average Bonchev–Trinajstić information content (AvgIpc) is 2.52. The smallest absolute Gasteiger partial charge is 0.161 e. The molecule has 0 spiro atoms. The summed E-state index contributed by atoms with van der Waals surface area (Å²) in [5.41, 5.74) is 12.9. The normalized spacial score (nSPS) is 13.0. The first-order valence-corrected chi connectivity index (χ1v) is 8.68. The van der Waals surface area contributed by atoms with E-state index in [1.165, 1.54) is 5.56 Å². The van der Waals surface area contributed by atoms with E-state index >= 15 is 0 Å². The van der Waals surface area contributed by atoms with E-state index < -0.39 is 0 Å². The van der Waals surface area contributed by atoms with Gasteiger partial charge in [-0.05, 0) is 54.5 Å². The molecule has 4 N–H and O–H groups in total. The molecule has 1 aromatic rings. The predicted octanol–water partition coefficient (Wildman–Crippen LogP) is 3.39. The van der Waals surface area contributed by atoms with Crippen molar-refractivity contribution in [1.82, 2.24) is 0 Å². The van der Waals surface area contributed by atoms with Gasteiger partial charge >= 0.3 is 0 Å². The first kappa shape index (κ1) is 19.8. The number of nitrogens with two attached hydrogens (primary N) is 2. The molecular formula is C19H34N2O2. The monoisotopic (exact) mass is 322 g/mol. The Morgan fingerprint density at radius 1 is 0.826 bits per heavy atom. The third-order valence-electron chi connectivity index (χ3n) is 3.95. The van der Waals surface area contributed by atoms with E-state index in [9.17, 15) is 0 Å². The second-order valence-corrected chi connectivity index (χ2v) is 7.14. The van der Waals surface area contributed by atoms with Crippen molar-refractivity contribution < 1.29 is 9.47 Å². The Balaban J connectivity index is 2.99. The Kier molecular flexibility index (Phi) is 8.42. The van der Waals surface area contributed by atoms with Crippen LogP contribution in [0.5, 0.6) is 11.5 Å². The van der Waals surface area contributed by atoms with E-state index in [0.29, 0.717) is 44.1 Å². The first-order valence-electron chi connectivity index (χ1n) is 8.68. The molecule has 0 radical (unpaired) electrons. The maximum absolute atomic E-state index is 5.98. The van der Waals surface area contributed by atoms with Crippen molar-refractivity contribution in [3.05, 3.63) is 23.8 Å². The van der Waals surface area contributed by atoms with Crippen LogP contribution >= 0.6 is 0 Å². The minimum Gasteiger partial charge on any atom is -0.489 e. The molecule has 0 saturated carbocycles. The van der Waals surface area contributed by atoms with Gasteiger partial charge < -0.3 is 20.9 Å². The highest BCUT2D eigenvalue weighted by molar-refractivity contribution is 5.44. The van der Waals surface area contributed by atoms with Crippen molar-refractivity contribution in [3.63, 3.8) is 0 Å². The van der Waals surface area contributed by atoms with Gasteiger partial charge in [0.05, 0.1) is 13.2 Å². The Morgan fingerprint density at radius 2 is 1.35 bits per heavy atom. The van der Waals surface area contributed by atoms with Crippen LogP contribution < -0.4 is 20.9 Å². The van der Waals surface area contributed by atoms with Crippen molar-refractivity contribution in [1.29, 1.82) is 0 Å². The molecule has 1 aromatic carbocycles. The third-order valence-corrected chi connectivity index (χ3v) is 3.95. The zero-order valence-electron chi connectivity index (χ0n) is 15.3. The summed E-state index contributed by atoms with van der Waals surface area (Å²) in [5, 5.41) is 0. The van der Waals surface area contributed by atoms with Gasteiger partial charge in [0, 0.05) is 0 Å². The van der Waals surface area contributed by atoms with Crippen molar-refractivity contribution in [2.24, 2.45) is 29.2 Å². The van der Waals surface area contributed by atoms with Gasteiger partial charge in [0.2, 0.25) is 0 Å². The molecule has 0 heterocycles. The van der Waals surface area contributed by atoms with E-state index in [2.05, 4.69) is 46.8 Å². The summed E-state index contributed by atoms with van der Waals surface area (Å²) in [7, 11) is 0. The van der Waals surface area contributed by atoms with Gasteiger partial charge in [-0.15, -0.1) is 0 Å². The molecule has 132 valence electrons. The summed E-state index contributed by atoms with van der Waals surface area (Å²) in [5.74, 6) is 3.14. The van der Waals surface area contributed by atoms with E-state index in [1.54, 1.807) is 0 Å². The van der Waals surface area contributed by atoms with Gasteiger partial charge in [0.15, 0.2) is 11.5 Å². The number of ether oxygens (including phenoxy) is 2. The van der Waals surface area contributed by atoms with Crippen LogP contribution in [-0.4, -0.2) is 26.3 Å². The highest BCUT2D eigenvalue weighted by Crippen LogP contribution is 2.34. The average molecular weight is 322 g/mol. The lowest BCUT2D eigenvalue weighted by Crippen LogP contribution is -2.28. The topological polar surface area (TPSA) is 70.5 Å². The van der Waals surface area contributed by atoms with Crippen molar-refractivity contribution in [2.45, 2.75) is 40.5 Å². The fourth-order valence-corrected chi connectivity index (χ4v) is 2.33. The minimum atomic E-state index is 0.274. The molecule has 4 nitrogen and oxygen atoms in total. The van der Waals surface area contributed by atoms with Gasteiger partial charge in [0.1, 0.15) is 0 Å². The van der Waals surface area contributed by atoms with Crippen LogP contribution in [0.3, 0.4) is 0 Å². The van der Waals surface area contributed by atoms with E-state index in [4.69, 9.17) is 20.9 Å². The summed E-state index contributed by atoms with van der Waals surface area (Å²) in [4.78, 5) is 0. The summed E-state index contributed by atoms with van der Waals surface area (Å²) < 4.78 is 11.9. The number of hydrogen-bond donors (Lipinski definition) is 2. The van der Waals surface area contributed by atoms with E-state index in [1.807, 2.05) is 6.07 Å². The quantitative estimate of drug-likeness (QED) is 0.692. The summed E-state index contributed by atoms with van der Waals surface area (Å²) in [6, 6.07) is 6.19. The lowest BCUT2D eigenvalue weighted by atomic mass is 9.87. The molecule has 23 heavy (non-hydrogen) atoms. The second kappa shape index (κ2) is 9.78. The molecule has 0 amide bonds. The van der Waals surface area contributed by atoms with Crippen LogP contribution in [-0.2, 0) is 0 Å². The van der Waals surface area contributed by atoms with Crippen LogP contribution in [0.1, 0.15) is 46.1 Å². The molecule has 1 atom stereocenters. The van der Waals surface area contributed by atoms with Gasteiger partial charge in [-0.25, -0.2) is 0 Å². The fourth-order valence-electron chi connectivity index (χ4n) is 2.33. The number of hydrogen-bond acceptors (Lipinski definition) is 4. The molecule has 0 fully saturated rings.